The quantitative estimate of drug-likeness (QED) is 0.884. The third-order valence-electron chi connectivity index (χ3n) is 2.75. The number of carbonyl (C=O) groups is 2. The molecule has 0 fully saturated rings. The monoisotopic (exact) mass is 316 g/mol. The zero-order valence-electron chi connectivity index (χ0n) is 12.1. The molecule has 0 saturated carbocycles. The second kappa shape index (κ2) is 7.77. The highest BCUT2D eigenvalue weighted by atomic mass is 32.2. The number of nitrogens with two attached hydrogens (primary N) is 1. The van der Waals surface area contributed by atoms with Crippen molar-refractivity contribution in [2.45, 2.75) is 19.4 Å². The van der Waals surface area contributed by atoms with Crippen LogP contribution in [0.5, 0.6) is 0 Å². The van der Waals surface area contributed by atoms with Gasteiger partial charge in [0.05, 0.1) is 18.0 Å². The van der Waals surface area contributed by atoms with Gasteiger partial charge in [-0.25, -0.2) is 9.98 Å². The van der Waals surface area contributed by atoms with E-state index in [0.29, 0.717) is 17.3 Å². The Balaban J connectivity index is 1.93. The molecule has 22 heavy (non-hydrogen) atoms. The van der Waals surface area contributed by atoms with Crippen molar-refractivity contribution in [2.24, 2.45) is 20.7 Å². The van der Waals surface area contributed by atoms with Crippen molar-refractivity contribution in [1.29, 1.82) is 0 Å². The Hall–Kier alpha value is -2.12. The smallest absolute Gasteiger partial charge is 0.264 e. The van der Waals surface area contributed by atoms with Gasteiger partial charge < -0.3 is 5.73 Å². The molecule has 0 unspecified atom stereocenters. The van der Waals surface area contributed by atoms with E-state index < -0.39 is 11.9 Å². The number of benzene rings is 1. The van der Waals surface area contributed by atoms with Crippen molar-refractivity contribution < 1.29 is 9.59 Å². The molecule has 0 aliphatic carbocycles. The maximum Gasteiger partial charge on any atom is 0.264 e. The molecule has 1 aliphatic heterocycles. The Morgan fingerprint density at radius 1 is 1.32 bits per heavy atom. The van der Waals surface area contributed by atoms with Gasteiger partial charge in [-0.05, 0) is 18.9 Å². The zero-order chi connectivity index (χ0) is 15.9. The van der Waals surface area contributed by atoms with Gasteiger partial charge in [-0.3, -0.25) is 9.59 Å². The summed E-state index contributed by atoms with van der Waals surface area (Å²) in [5.74, 6) is 0.117. The topological polar surface area (TPSA) is 97.2 Å². The summed E-state index contributed by atoms with van der Waals surface area (Å²) in [5.41, 5.74) is 6.84. The maximum absolute atomic E-state index is 12.0. The summed E-state index contributed by atoms with van der Waals surface area (Å²) >= 11 is 1.21. The molecule has 2 rings (SSSR count). The van der Waals surface area contributed by atoms with Crippen LogP contribution in [0.2, 0.25) is 0 Å². The number of Topliss-reactive ketones (excluding diaryl/α,β-unsaturated/α-hetero) is 1. The SMILES string of the molecule is CC(=O)CSC1=NC(=NC(=O)[C@@H](N)Cc2ccccc2)C=N1. The van der Waals surface area contributed by atoms with Gasteiger partial charge in [-0.2, -0.15) is 4.99 Å². The number of amides is 1. The largest absolute Gasteiger partial charge is 0.320 e. The Bertz CT molecular complexity index is 653. The molecule has 2 N–H and O–H groups in total. The fourth-order valence-electron chi connectivity index (χ4n) is 1.71. The van der Waals surface area contributed by atoms with E-state index in [0.717, 1.165) is 5.56 Å². The van der Waals surface area contributed by atoms with Crippen LogP contribution >= 0.6 is 11.8 Å². The second-order valence-electron chi connectivity index (χ2n) is 4.75. The van der Waals surface area contributed by atoms with Gasteiger partial charge in [0.15, 0.2) is 11.0 Å². The van der Waals surface area contributed by atoms with Gasteiger partial charge >= 0.3 is 0 Å². The molecular weight excluding hydrogens is 300 g/mol. The standard InChI is InChI=1S/C15H16N4O2S/c1-10(20)9-22-15-17-8-13(19-15)18-14(21)12(16)7-11-5-3-2-4-6-11/h2-6,8,12H,7,9,16H2,1H3/t12-/m0/s1. The molecule has 1 aromatic carbocycles. The summed E-state index contributed by atoms with van der Waals surface area (Å²) in [6, 6.07) is 8.79. The van der Waals surface area contributed by atoms with Crippen LogP contribution in [-0.2, 0) is 16.0 Å². The lowest BCUT2D eigenvalue weighted by Crippen LogP contribution is -2.32. The number of amidine groups is 2. The highest BCUT2D eigenvalue weighted by molar-refractivity contribution is 8.14. The minimum absolute atomic E-state index is 0.0363. The first-order chi connectivity index (χ1) is 10.5. The first-order valence-corrected chi connectivity index (χ1v) is 7.70. The molecule has 0 aromatic heterocycles. The zero-order valence-corrected chi connectivity index (χ0v) is 12.9. The average Bonchev–Trinajstić information content (AvgIpc) is 2.93. The Kier molecular flexibility index (Phi) is 5.74. The second-order valence-corrected chi connectivity index (χ2v) is 5.69. The Labute approximate surface area is 132 Å². The average molecular weight is 316 g/mol. The molecule has 0 bridgehead atoms. The normalized spacial score (nSPS) is 16.6. The minimum Gasteiger partial charge on any atom is -0.320 e. The van der Waals surface area contributed by atoms with Crippen LogP contribution < -0.4 is 5.73 Å². The number of hydrogen-bond donors (Lipinski definition) is 1. The molecule has 1 heterocycles. The summed E-state index contributed by atoms with van der Waals surface area (Å²) in [7, 11) is 0. The maximum atomic E-state index is 12.0. The van der Waals surface area contributed by atoms with E-state index in [9.17, 15) is 9.59 Å². The third-order valence-corrected chi connectivity index (χ3v) is 3.75. The number of ketones is 1. The highest BCUT2D eigenvalue weighted by Gasteiger charge is 2.16. The molecule has 1 atom stereocenters. The fraction of sp³-hybridized carbons (Fsp3) is 0.267. The van der Waals surface area contributed by atoms with E-state index in [1.807, 2.05) is 30.3 Å². The van der Waals surface area contributed by atoms with E-state index in [1.165, 1.54) is 24.9 Å². The number of thioether (sulfide) groups is 1. The van der Waals surface area contributed by atoms with E-state index >= 15 is 0 Å². The Morgan fingerprint density at radius 3 is 2.73 bits per heavy atom. The summed E-state index contributed by atoms with van der Waals surface area (Å²) in [6.07, 6.45) is 1.82. The summed E-state index contributed by atoms with van der Waals surface area (Å²) in [5, 5.41) is 0.429. The van der Waals surface area contributed by atoms with Crippen molar-refractivity contribution >= 4 is 40.7 Å². The van der Waals surface area contributed by atoms with Crippen LogP contribution in [0.1, 0.15) is 12.5 Å². The van der Waals surface area contributed by atoms with Crippen LogP contribution in [0.15, 0.2) is 45.3 Å². The molecule has 0 spiro atoms. The molecule has 0 saturated heterocycles. The molecule has 114 valence electrons. The molecule has 6 nitrogen and oxygen atoms in total. The first-order valence-electron chi connectivity index (χ1n) is 6.71. The molecular formula is C15H16N4O2S. The number of rotatable bonds is 5. The third kappa shape index (κ3) is 5.01. The minimum atomic E-state index is -0.715. The van der Waals surface area contributed by atoms with Crippen LogP contribution in [-0.4, -0.2) is 40.7 Å². The van der Waals surface area contributed by atoms with Gasteiger partial charge in [0.25, 0.3) is 5.91 Å². The number of hydrogen-bond acceptors (Lipinski definition) is 5. The van der Waals surface area contributed by atoms with Crippen LogP contribution in [0.3, 0.4) is 0 Å². The molecule has 7 heteroatoms. The van der Waals surface area contributed by atoms with Crippen LogP contribution in [0, 0.1) is 0 Å². The Morgan fingerprint density at radius 2 is 2.05 bits per heavy atom. The van der Waals surface area contributed by atoms with E-state index in [1.54, 1.807) is 0 Å². The number of nitrogens with zero attached hydrogens (tertiary/aromatic N) is 3. The van der Waals surface area contributed by atoms with Gasteiger partial charge in [-0.1, -0.05) is 42.1 Å². The lowest BCUT2D eigenvalue weighted by Gasteiger charge is -2.07. The highest BCUT2D eigenvalue weighted by Crippen LogP contribution is 2.10. The van der Waals surface area contributed by atoms with Gasteiger partial charge in [0.1, 0.15) is 5.78 Å². The lowest BCUT2D eigenvalue weighted by atomic mass is 10.1. The lowest BCUT2D eigenvalue weighted by molar-refractivity contribution is -0.119. The van der Waals surface area contributed by atoms with Crippen molar-refractivity contribution in [2.75, 3.05) is 5.75 Å². The summed E-state index contributed by atoms with van der Waals surface area (Å²) < 4.78 is 0. The van der Waals surface area contributed by atoms with Gasteiger partial charge in [0.2, 0.25) is 0 Å². The van der Waals surface area contributed by atoms with Gasteiger partial charge in [-0.15, -0.1) is 0 Å². The number of aliphatic imine (C=N–C) groups is 3. The predicted octanol–water partition coefficient (Wildman–Crippen LogP) is 1.24. The van der Waals surface area contributed by atoms with Gasteiger partial charge in [0, 0.05) is 0 Å². The van der Waals surface area contributed by atoms with E-state index in [2.05, 4.69) is 15.0 Å². The van der Waals surface area contributed by atoms with Crippen LogP contribution in [0.25, 0.3) is 0 Å². The fourth-order valence-corrected chi connectivity index (χ4v) is 2.33. The van der Waals surface area contributed by atoms with Crippen molar-refractivity contribution in [3.63, 3.8) is 0 Å². The summed E-state index contributed by atoms with van der Waals surface area (Å²) in [6.45, 7) is 1.49. The molecule has 1 amide bonds. The van der Waals surface area contributed by atoms with Crippen molar-refractivity contribution in [1.82, 2.24) is 0 Å². The molecule has 0 radical (unpaired) electrons. The van der Waals surface area contributed by atoms with Crippen molar-refractivity contribution in [3.8, 4) is 0 Å². The predicted molar refractivity (Wildman–Crippen MR) is 89.6 cm³/mol. The molecule has 1 aliphatic rings. The summed E-state index contributed by atoms with van der Waals surface area (Å²) in [4.78, 5) is 34.8. The van der Waals surface area contributed by atoms with Crippen molar-refractivity contribution in [3.05, 3.63) is 35.9 Å². The van der Waals surface area contributed by atoms with E-state index in [4.69, 9.17) is 5.73 Å². The first kappa shape index (κ1) is 16.3. The van der Waals surface area contributed by atoms with Crippen LogP contribution in [0.4, 0.5) is 0 Å². The molecule has 1 aromatic rings. The number of carbonyl (C=O) groups excluding carboxylic acids is 2. The van der Waals surface area contributed by atoms with E-state index in [-0.39, 0.29) is 11.6 Å².